The molecule has 1 fully saturated rings. The second-order valence-corrected chi connectivity index (χ2v) is 7.03. The molecule has 0 atom stereocenters. The average molecular weight is 416 g/mol. The largest absolute Gasteiger partial charge is 0.484 e. The van der Waals surface area contributed by atoms with Crippen LogP contribution in [0.1, 0.15) is 15.9 Å². The zero-order valence-corrected chi connectivity index (χ0v) is 16.0. The van der Waals surface area contributed by atoms with Gasteiger partial charge in [0.1, 0.15) is 11.6 Å². The first kappa shape index (κ1) is 20.5. The highest BCUT2D eigenvalue weighted by Gasteiger charge is 2.29. The van der Waals surface area contributed by atoms with Gasteiger partial charge in [0.2, 0.25) is 5.91 Å². The molecule has 150 valence electrons. The van der Waals surface area contributed by atoms with Crippen LogP contribution in [0, 0.1) is 5.82 Å². The molecule has 1 aliphatic rings. The summed E-state index contributed by atoms with van der Waals surface area (Å²) in [4.78, 5) is 48.2. The molecule has 0 unspecified atom stereocenters. The first-order chi connectivity index (χ1) is 13.9. The smallest absolute Gasteiger partial charge is 0.288 e. The zero-order chi connectivity index (χ0) is 20.8. The summed E-state index contributed by atoms with van der Waals surface area (Å²) >= 11 is 0.941. The molecule has 0 aliphatic carbocycles. The number of carbonyl (C=O) groups is 4. The number of ketones is 1. The van der Waals surface area contributed by atoms with Gasteiger partial charge in [-0.15, -0.1) is 0 Å². The van der Waals surface area contributed by atoms with Crippen LogP contribution in [0.2, 0.25) is 0 Å². The number of thioether (sulfide) groups is 1. The van der Waals surface area contributed by atoms with Gasteiger partial charge in [0.05, 0.1) is 5.75 Å². The summed E-state index contributed by atoms with van der Waals surface area (Å²) in [7, 11) is 0. The number of amides is 3. The van der Waals surface area contributed by atoms with Gasteiger partial charge in [-0.25, -0.2) is 4.39 Å². The van der Waals surface area contributed by atoms with E-state index in [0.29, 0.717) is 16.9 Å². The molecule has 9 heteroatoms. The van der Waals surface area contributed by atoms with Crippen molar-refractivity contribution in [3.63, 3.8) is 0 Å². The Morgan fingerprint density at radius 3 is 2.24 bits per heavy atom. The third kappa shape index (κ3) is 5.41. The van der Waals surface area contributed by atoms with E-state index in [1.165, 1.54) is 24.3 Å². The SMILES string of the molecule is O=C(COc1ccc(C(=O)c2ccc(F)cc2)cc1)NCCN1C(=O)CSC1=O. The van der Waals surface area contributed by atoms with Gasteiger partial charge in [-0.05, 0) is 48.5 Å². The first-order valence-corrected chi connectivity index (χ1v) is 9.69. The van der Waals surface area contributed by atoms with E-state index in [4.69, 9.17) is 4.74 Å². The lowest BCUT2D eigenvalue weighted by molar-refractivity contribution is -0.126. The molecule has 3 rings (SSSR count). The van der Waals surface area contributed by atoms with Gasteiger partial charge in [-0.1, -0.05) is 11.8 Å². The molecule has 0 bridgehead atoms. The standard InChI is InChI=1S/C20H17FN2O5S/c21-15-5-1-13(2-6-15)19(26)14-3-7-16(8-4-14)28-11-17(24)22-9-10-23-18(25)12-29-20(23)27/h1-8H,9-12H2,(H,22,24). The fraction of sp³-hybridized carbons (Fsp3) is 0.200. The summed E-state index contributed by atoms with van der Waals surface area (Å²) < 4.78 is 18.3. The molecule has 29 heavy (non-hydrogen) atoms. The van der Waals surface area contributed by atoms with E-state index in [1.54, 1.807) is 24.3 Å². The quantitative estimate of drug-likeness (QED) is 0.664. The Hall–Kier alpha value is -3.20. The molecule has 7 nitrogen and oxygen atoms in total. The maximum atomic E-state index is 13.0. The normalized spacial score (nSPS) is 13.5. The van der Waals surface area contributed by atoms with Crippen LogP contribution >= 0.6 is 11.8 Å². The van der Waals surface area contributed by atoms with Gasteiger partial charge in [0.25, 0.3) is 11.1 Å². The van der Waals surface area contributed by atoms with E-state index in [-0.39, 0.29) is 42.4 Å². The molecular weight excluding hydrogens is 399 g/mol. The number of ether oxygens (including phenoxy) is 1. The topological polar surface area (TPSA) is 92.8 Å². The lowest BCUT2D eigenvalue weighted by Crippen LogP contribution is -2.38. The molecule has 0 aromatic heterocycles. The maximum Gasteiger partial charge on any atom is 0.288 e. The van der Waals surface area contributed by atoms with E-state index in [1.807, 2.05) is 0 Å². The molecular formula is C20H17FN2O5S. The van der Waals surface area contributed by atoms with Gasteiger partial charge in [0, 0.05) is 24.2 Å². The van der Waals surface area contributed by atoms with Crippen LogP contribution in [0.15, 0.2) is 48.5 Å². The zero-order valence-electron chi connectivity index (χ0n) is 15.2. The van der Waals surface area contributed by atoms with Crippen molar-refractivity contribution < 1.29 is 28.3 Å². The molecule has 0 saturated carbocycles. The van der Waals surface area contributed by atoms with E-state index in [0.717, 1.165) is 16.7 Å². The second-order valence-electron chi connectivity index (χ2n) is 6.10. The minimum Gasteiger partial charge on any atom is -0.484 e. The number of rotatable bonds is 8. The first-order valence-electron chi connectivity index (χ1n) is 8.71. The van der Waals surface area contributed by atoms with Gasteiger partial charge in [0.15, 0.2) is 12.4 Å². The summed E-state index contributed by atoms with van der Waals surface area (Å²) in [6, 6.07) is 11.5. The Balaban J connectivity index is 1.44. The van der Waals surface area contributed by atoms with Gasteiger partial charge < -0.3 is 10.1 Å². The highest BCUT2D eigenvalue weighted by atomic mass is 32.2. The predicted octanol–water partition coefficient (Wildman–Crippen LogP) is 2.25. The summed E-state index contributed by atoms with van der Waals surface area (Å²) in [5.74, 6) is -0.795. The molecule has 1 saturated heterocycles. The van der Waals surface area contributed by atoms with Crippen molar-refractivity contribution in [2.45, 2.75) is 0 Å². The fourth-order valence-electron chi connectivity index (χ4n) is 2.57. The Morgan fingerprint density at radius 2 is 1.66 bits per heavy atom. The monoisotopic (exact) mass is 416 g/mol. The Labute approximate surface area is 170 Å². The van der Waals surface area contributed by atoms with Crippen molar-refractivity contribution >= 4 is 34.6 Å². The van der Waals surface area contributed by atoms with E-state index in [9.17, 15) is 23.6 Å². The Bertz CT molecular complexity index is 915. The molecule has 0 radical (unpaired) electrons. The summed E-state index contributed by atoms with van der Waals surface area (Å²) in [6.07, 6.45) is 0. The van der Waals surface area contributed by atoms with Crippen LogP contribution in [-0.2, 0) is 9.59 Å². The third-order valence-electron chi connectivity index (χ3n) is 4.09. The number of hydrogen-bond donors (Lipinski definition) is 1. The molecule has 3 amide bonds. The minimum absolute atomic E-state index is 0.122. The van der Waals surface area contributed by atoms with Crippen molar-refractivity contribution in [1.29, 1.82) is 0 Å². The molecule has 2 aromatic carbocycles. The number of carbonyl (C=O) groups excluding carboxylic acids is 4. The molecule has 0 spiro atoms. The van der Waals surface area contributed by atoms with Crippen LogP contribution < -0.4 is 10.1 Å². The van der Waals surface area contributed by atoms with Crippen LogP contribution in [0.3, 0.4) is 0 Å². The number of benzene rings is 2. The number of nitrogens with zero attached hydrogens (tertiary/aromatic N) is 1. The lowest BCUT2D eigenvalue weighted by atomic mass is 10.0. The number of halogens is 1. The average Bonchev–Trinajstić information content (AvgIpc) is 3.05. The van der Waals surface area contributed by atoms with Crippen LogP contribution in [0.5, 0.6) is 5.75 Å². The van der Waals surface area contributed by atoms with Crippen molar-refractivity contribution in [1.82, 2.24) is 10.2 Å². The fourth-order valence-corrected chi connectivity index (χ4v) is 3.33. The van der Waals surface area contributed by atoms with Crippen LogP contribution in [0.4, 0.5) is 9.18 Å². The molecule has 1 aliphatic heterocycles. The van der Waals surface area contributed by atoms with Crippen molar-refractivity contribution in [3.8, 4) is 5.75 Å². The Kier molecular flexibility index (Phi) is 6.61. The Morgan fingerprint density at radius 1 is 1.03 bits per heavy atom. The minimum atomic E-state index is -0.416. The van der Waals surface area contributed by atoms with Gasteiger partial charge in [-0.2, -0.15) is 0 Å². The van der Waals surface area contributed by atoms with Crippen molar-refractivity contribution in [2.24, 2.45) is 0 Å². The summed E-state index contributed by atoms with van der Waals surface area (Å²) in [5.41, 5.74) is 0.777. The van der Waals surface area contributed by atoms with Crippen LogP contribution in [0.25, 0.3) is 0 Å². The molecule has 1 N–H and O–H groups in total. The second kappa shape index (κ2) is 9.33. The van der Waals surface area contributed by atoms with Crippen LogP contribution in [-0.4, -0.2) is 53.2 Å². The number of nitrogens with one attached hydrogen (secondary N) is 1. The molecule has 2 aromatic rings. The molecule has 1 heterocycles. The van der Waals surface area contributed by atoms with E-state index in [2.05, 4.69) is 5.32 Å². The number of imide groups is 1. The summed E-state index contributed by atoms with van der Waals surface area (Å²) in [6.45, 7) is 0.0177. The summed E-state index contributed by atoms with van der Waals surface area (Å²) in [5, 5.41) is 2.26. The lowest BCUT2D eigenvalue weighted by Gasteiger charge is -2.13. The predicted molar refractivity (Wildman–Crippen MR) is 104 cm³/mol. The van der Waals surface area contributed by atoms with Gasteiger partial charge in [-0.3, -0.25) is 24.1 Å². The van der Waals surface area contributed by atoms with E-state index < -0.39 is 11.7 Å². The van der Waals surface area contributed by atoms with Crippen molar-refractivity contribution in [3.05, 3.63) is 65.5 Å². The third-order valence-corrected chi connectivity index (χ3v) is 4.95. The highest BCUT2D eigenvalue weighted by molar-refractivity contribution is 8.14. The van der Waals surface area contributed by atoms with Crippen molar-refractivity contribution in [2.75, 3.05) is 25.4 Å². The number of hydrogen-bond acceptors (Lipinski definition) is 6. The maximum absolute atomic E-state index is 13.0. The highest BCUT2D eigenvalue weighted by Crippen LogP contribution is 2.18. The van der Waals surface area contributed by atoms with E-state index >= 15 is 0 Å². The van der Waals surface area contributed by atoms with Gasteiger partial charge >= 0.3 is 0 Å².